The van der Waals surface area contributed by atoms with Crippen molar-refractivity contribution in [3.63, 3.8) is 0 Å². The van der Waals surface area contributed by atoms with Gasteiger partial charge in [-0.1, -0.05) is 30.3 Å². The molecule has 0 saturated carbocycles. The number of pyridine rings is 1. The maximum Gasteiger partial charge on any atom is 0.295 e. The van der Waals surface area contributed by atoms with Gasteiger partial charge < -0.3 is 9.80 Å². The Morgan fingerprint density at radius 1 is 0.969 bits per heavy atom. The van der Waals surface area contributed by atoms with E-state index in [1.54, 1.807) is 39.7 Å². The van der Waals surface area contributed by atoms with Crippen LogP contribution in [0.1, 0.15) is 16.1 Å². The molecular formula is C23H23N7O2. The van der Waals surface area contributed by atoms with Gasteiger partial charge in [0.25, 0.3) is 11.5 Å². The van der Waals surface area contributed by atoms with Crippen LogP contribution < -0.4 is 10.5 Å². The summed E-state index contributed by atoms with van der Waals surface area (Å²) in [4.78, 5) is 39.1. The Morgan fingerprint density at radius 3 is 2.47 bits per heavy atom. The van der Waals surface area contributed by atoms with E-state index in [-0.39, 0.29) is 11.5 Å². The molecule has 0 spiro atoms. The highest BCUT2D eigenvalue weighted by Crippen LogP contribution is 2.17. The van der Waals surface area contributed by atoms with Gasteiger partial charge in [-0.15, -0.1) is 0 Å². The van der Waals surface area contributed by atoms with Crippen LogP contribution >= 0.6 is 0 Å². The predicted octanol–water partition coefficient (Wildman–Crippen LogP) is 1.54. The summed E-state index contributed by atoms with van der Waals surface area (Å²) in [7, 11) is 1.76. The minimum absolute atomic E-state index is 0.0539. The Bertz CT molecular complexity index is 1320. The molecule has 32 heavy (non-hydrogen) atoms. The van der Waals surface area contributed by atoms with Crippen LogP contribution in [0.5, 0.6) is 0 Å². The Hall–Kier alpha value is -4.01. The third-order valence-corrected chi connectivity index (χ3v) is 5.77. The molecule has 0 N–H and O–H groups in total. The SMILES string of the molecule is Cn1nccc1C(=O)N1CCN(c2nc3cccnc3n(Cc3ccccc3)c2=O)CC1. The molecule has 1 aliphatic rings. The van der Waals surface area contributed by atoms with E-state index in [1.807, 2.05) is 47.4 Å². The number of anilines is 1. The Morgan fingerprint density at radius 2 is 1.75 bits per heavy atom. The van der Waals surface area contributed by atoms with Crippen molar-refractivity contribution in [2.24, 2.45) is 7.05 Å². The molecule has 3 aromatic heterocycles. The first-order valence-corrected chi connectivity index (χ1v) is 10.5. The number of benzene rings is 1. The highest BCUT2D eigenvalue weighted by atomic mass is 16.2. The second-order valence-electron chi connectivity index (χ2n) is 7.78. The van der Waals surface area contributed by atoms with Crippen LogP contribution in [0.2, 0.25) is 0 Å². The second-order valence-corrected chi connectivity index (χ2v) is 7.78. The molecule has 1 fully saturated rings. The first kappa shape index (κ1) is 19.9. The quantitative estimate of drug-likeness (QED) is 0.489. The number of aryl methyl sites for hydroxylation is 1. The van der Waals surface area contributed by atoms with Gasteiger partial charge in [-0.25, -0.2) is 9.97 Å². The number of amides is 1. The van der Waals surface area contributed by atoms with Crippen LogP contribution in [0.4, 0.5) is 5.82 Å². The van der Waals surface area contributed by atoms with Crippen molar-refractivity contribution in [1.82, 2.24) is 29.2 Å². The van der Waals surface area contributed by atoms with Crippen molar-refractivity contribution in [3.05, 3.63) is 82.5 Å². The third kappa shape index (κ3) is 3.62. The monoisotopic (exact) mass is 429 g/mol. The first-order valence-electron chi connectivity index (χ1n) is 10.5. The smallest absolute Gasteiger partial charge is 0.295 e. The molecule has 0 unspecified atom stereocenters. The lowest BCUT2D eigenvalue weighted by molar-refractivity contribution is 0.0735. The summed E-state index contributed by atoms with van der Waals surface area (Å²) in [6, 6.07) is 15.2. The molecular weight excluding hydrogens is 406 g/mol. The summed E-state index contributed by atoms with van der Waals surface area (Å²) in [5, 5.41) is 4.08. The lowest BCUT2D eigenvalue weighted by Gasteiger charge is -2.35. The maximum atomic E-state index is 13.5. The summed E-state index contributed by atoms with van der Waals surface area (Å²) < 4.78 is 3.26. The van der Waals surface area contributed by atoms with Crippen LogP contribution in [0, 0.1) is 0 Å². The van der Waals surface area contributed by atoms with Crippen LogP contribution in [0.25, 0.3) is 11.2 Å². The molecule has 162 valence electrons. The van der Waals surface area contributed by atoms with Crippen LogP contribution in [-0.2, 0) is 13.6 Å². The van der Waals surface area contributed by atoms with Crippen molar-refractivity contribution >= 4 is 22.9 Å². The molecule has 9 heteroatoms. The number of hydrogen-bond acceptors (Lipinski definition) is 6. The number of carbonyl (C=O) groups excluding carboxylic acids is 1. The topological polar surface area (TPSA) is 89.2 Å². The summed E-state index contributed by atoms with van der Waals surface area (Å²) >= 11 is 0. The third-order valence-electron chi connectivity index (χ3n) is 5.77. The average molecular weight is 429 g/mol. The molecule has 0 bridgehead atoms. The fourth-order valence-electron chi connectivity index (χ4n) is 4.05. The first-order chi connectivity index (χ1) is 15.6. The van der Waals surface area contributed by atoms with E-state index in [0.29, 0.717) is 55.4 Å². The number of nitrogens with zero attached hydrogens (tertiary/aromatic N) is 7. The van der Waals surface area contributed by atoms with E-state index in [2.05, 4.69) is 15.1 Å². The summed E-state index contributed by atoms with van der Waals surface area (Å²) in [5.41, 5.74) is 2.64. The highest BCUT2D eigenvalue weighted by Gasteiger charge is 2.26. The van der Waals surface area contributed by atoms with E-state index in [0.717, 1.165) is 5.56 Å². The minimum atomic E-state index is -0.175. The van der Waals surface area contributed by atoms with Gasteiger partial charge in [0.2, 0.25) is 0 Å². The molecule has 4 heterocycles. The molecule has 0 aliphatic carbocycles. The van der Waals surface area contributed by atoms with Gasteiger partial charge in [0.15, 0.2) is 11.5 Å². The largest absolute Gasteiger partial charge is 0.348 e. The molecule has 5 rings (SSSR count). The standard InChI is InChI=1S/C23H23N7O2/c1-27-19(9-11-25-27)22(31)29-14-12-28(13-15-29)21-23(32)30(16-17-6-3-2-4-7-17)20-18(26-21)8-5-10-24-20/h2-11H,12-16H2,1H3. The van der Waals surface area contributed by atoms with Crippen molar-refractivity contribution in [1.29, 1.82) is 0 Å². The fourth-order valence-corrected chi connectivity index (χ4v) is 4.05. The molecule has 1 aliphatic heterocycles. The van der Waals surface area contributed by atoms with Gasteiger partial charge in [-0.05, 0) is 23.8 Å². The van der Waals surface area contributed by atoms with E-state index in [1.165, 1.54) is 0 Å². The zero-order valence-electron chi connectivity index (χ0n) is 17.8. The molecule has 1 saturated heterocycles. The second kappa shape index (κ2) is 8.26. The van der Waals surface area contributed by atoms with Crippen molar-refractivity contribution < 1.29 is 4.79 Å². The Labute approximate surface area is 184 Å². The summed E-state index contributed by atoms with van der Waals surface area (Å²) in [5.74, 6) is 0.343. The molecule has 4 aromatic rings. The van der Waals surface area contributed by atoms with Crippen molar-refractivity contribution in [3.8, 4) is 0 Å². The Balaban J connectivity index is 1.44. The number of aromatic nitrogens is 5. The molecule has 0 atom stereocenters. The van der Waals surface area contributed by atoms with Crippen molar-refractivity contribution in [2.45, 2.75) is 6.54 Å². The normalized spacial score (nSPS) is 14.2. The number of piperazine rings is 1. The zero-order valence-corrected chi connectivity index (χ0v) is 17.8. The van der Waals surface area contributed by atoms with Gasteiger partial charge in [0.1, 0.15) is 11.2 Å². The fraction of sp³-hybridized carbons (Fsp3) is 0.261. The predicted molar refractivity (Wildman–Crippen MR) is 121 cm³/mol. The summed E-state index contributed by atoms with van der Waals surface area (Å²) in [6.07, 6.45) is 3.29. The summed E-state index contributed by atoms with van der Waals surface area (Å²) in [6.45, 7) is 2.50. The molecule has 9 nitrogen and oxygen atoms in total. The van der Waals surface area contributed by atoms with Gasteiger partial charge in [-0.2, -0.15) is 5.10 Å². The number of rotatable bonds is 4. The molecule has 1 amide bonds. The van der Waals surface area contributed by atoms with E-state index >= 15 is 0 Å². The van der Waals surface area contributed by atoms with Gasteiger partial charge in [-0.3, -0.25) is 18.8 Å². The van der Waals surface area contributed by atoms with Gasteiger partial charge in [0, 0.05) is 45.6 Å². The van der Waals surface area contributed by atoms with E-state index in [9.17, 15) is 9.59 Å². The number of fused-ring (bicyclic) bond motifs is 1. The number of hydrogen-bond donors (Lipinski definition) is 0. The number of carbonyl (C=O) groups is 1. The lowest BCUT2D eigenvalue weighted by atomic mass is 10.2. The van der Waals surface area contributed by atoms with E-state index in [4.69, 9.17) is 0 Å². The highest BCUT2D eigenvalue weighted by molar-refractivity contribution is 5.92. The maximum absolute atomic E-state index is 13.5. The van der Waals surface area contributed by atoms with Crippen LogP contribution in [0.15, 0.2) is 65.7 Å². The van der Waals surface area contributed by atoms with Gasteiger partial charge >= 0.3 is 0 Å². The average Bonchev–Trinajstić information content (AvgIpc) is 3.27. The van der Waals surface area contributed by atoms with Crippen molar-refractivity contribution in [2.75, 3.05) is 31.1 Å². The Kier molecular flexibility index (Phi) is 5.14. The molecule has 0 radical (unpaired) electrons. The van der Waals surface area contributed by atoms with Crippen LogP contribution in [0.3, 0.4) is 0 Å². The van der Waals surface area contributed by atoms with Crippen LogP contribution in [-0.4, -0.2) is 61.3 Å². The molecule has 1 aromatic carbocycles. The lowest BCUT2D eigenvalue weighted by Crippen LogP contribution is -2.51. The van der Waals surface area contributed by atoms with Gasteiger partial charge in [0.05, 0.1) is 6.54 Å². The van der Waals surface area contributed by atoms with E-state index < -0.39 is 0 Å². The minimum Gasteiger partial charge on any atom is -0.348 e. The zero-order chi connectivity index (χ0) is 22.1.